The largest absolute Gasteiger partial charge is 0.491 e. The molecule has 0 aliphatic carbocycles. The molecule has 35 heavy (non-hydrogen) atoms. The molecule has 2 aromatic carbocycles. The lowest BCUT2D eigenvalue weighted by Crippen LogP contribution is -2.47. The highest BCUT2D eigenvalue weighted by Crippen LogP contribution is 2.33. The van der Waals surface area contributed by atoms with Crippen LogP contribution < -0.4 is 14.8 Å². The molecule has 1 aliphatic heterocycles. The number of aliphatic hydroxyl groups excluding tert-OH is 2. The second-order valence-electron chi connectivity index (χ2n) is 8.87. The number of benzene rings is 2. The molecule has 3 rings (SSSR count). The molecule has 1 saturated heterocycles. The lowest BCUT2D eigenvalue weighted by atomic mass is 10.0. The molecular weight excluding hydrogens is 468 g/mol. The Hall–Kier alpha value is -2.40. The third-order valence-electron chi connectivity index (χ3n) is 5.85. The molecule has 0 amide bonds. The minimum atomic E-state index is -4.81. The van der Waals surface area contributed by atoms with Crippen molar-refractivity contribution in [3.63, 3.8) is 0 Å². The Labute approximate surface area is 202 Å². The van der Waals surface area contributed by atoms with Gasteiger partial charge in [-0.25, -0.2) is 4.39 Å². The lowest BCUT2D eigenvalue weighted by Gasteiger charge is -2.33. The zero-order valence-electron chi connectivity index (χ0n) is 19.6. The van der Waals surface area contributed by atoms with E-state index in [9.17, 15) is 27.8 Å². The number of rotatable bonds is 11. The summed E-state index contributed by atoms with van der Waals surface area (Å²) < 4.78 is 62.6. The van der Waals surface area contributed by atoms with Gasteiger partial charge in [0.15, 0.2) is 0 Å². The van der Waals surface area contributed by atoms with E-state index >= 15 is 0 Å². The number of aryl methyl sites for hydroxylation is 1. The fourth-order valence-electron chi connectivity index (χ4n) is 3.86. The summed E-state index contributed by atoms with van der Waals surface area (Å²) >= 11 is 0. The van der Waals surface area contributed by atoms with Crippen LogP contribution in [0, 0.1) is 12.7 Å². The number of ether oxygens (including phenoxy) is 2. The summed E-state index contributed by atoms with van der Waals surface area (Å²) in [5.41, 5.74) is -0.260. The lowest BCUT2D eigenvalue weighted by molar-refractivity contribution is -0.140. The first-order valence-electron chi connectivity index (χ1n) is 11.6. The van der Waals surface area contributed by atoms with E-state index in [0.717, 1.165) is 37.6 Å². The monoisotopic (exact) mass is 500 g/mol. The van der Waals surface area contributed by atoms with Crippen LogP contribution in [0.2, 0.25) is 0 Å². The van der Waals surface area contributed by atoms with Crippen LogP contribution in [-0.2, 0) is 6.18 Å². The summed E-state index contributed by atoms with van der Waals surface area (Å²) in [5.74, 6) is -0.801. The van der Waals surface area contributed by atoms with Crippen LogP contribution in [-0.4, -0.2) is 72.8 Å². The Morgan fingerprint density at radius 3 is 2.23 bits per heavy atom. The summed E-state index contributed by atoms with van der Waals surface area (Å²) in [5, 5.41) is 23.7. The molecule has 0 aromatic heterocycles. The van der Waals surface area contributed by atoms with Crippen molar-refractivity contribution in [3.8, 4) is 11.5 Å². The third kappa shape index (κ3) is 8.96. The maximum Gasteiger partial charge on any atom is 0.419 e. The molecule has 1 heterocycles. The third-order valence-corrected chi connectivity index (χ3v) is 5.85. The Morgan fingerprint density at radius 1 is 0.971 bits per heavy atom. The van der Waals surface area contributed by atoms with Gasteiger partial charge in [0, 0.05) is 19.1 Å². The number of hydrogen-bond acceptors (Lipinski definition) is 6. The van der Waals surface area contributed by atoms with Gasteiger partial charge in [0.25, 0.3) is 0 Å². The highest BCUT2D eigenvalue weighted by Gasteiger charge is 2.34. The molecule has 0 unspecified atom stereocenters. The first kappa shape index (κ1) is 27.2. The van der Waals surface area contributed by atoms with Crippen LogP contribution in [0.1, 0.15) is 24.0 Å². The van der Waals surface area contributed by atoms with E-state index in [0.29, 0.717) is 31.0 Å². The first-order valence-corrected chi connectivity index (χ1v) is 11.6. The van der Waals surface area contributed by atoms with Gasteiger partial charge in [-0.1, -0.05) is 17.7 Å². The molecular formula is C25H32F4N2O4. The molecule has 0 bridgehead atoms. The fraction of sp³-hybridized carbons (Fsp3) is 0.520. The number of β-amino-alcohol motifs (C(OH)–C–C–N with tert-alkyl or cyclic N) is 1. The summed E-state index contributed by atoms with van der Waals surface area (Å²) in [6.45, 7) is 4.15. The number of piperidine rings is 1. The molecule has 2 aromatic rings. The standard InChI is InChI=1S/C25H32F4N2O4/c1-17-2-4-21(5-3-17)34-15-19(32)13-30-18-8-10-31(11-9-18)14-20(33)16-35-22-6-7-24(26)23(12-22)25(27,28)29/h2-7,12,18-20,30,32-33H,8-11,13-16H2,1H3/t19-,20-/m0/s1. The van der Waals surface area contributed by atoms with E-state index in [2.05, 4.69) is 10.2 Å². The molecule has 6 nitrogen and oxygen atoms in total. The van der Waals surface area contributed by atoms with E-state index in [1.807, 2.05) is 31.2 Å². The minimum Gasteiger partial charge on any atom is -0.491 e. The number of likely N-dealkylation sites (tertiary alicyclic amines) is 1. The fourth-order valence-corrected chi connectivity index (χ4v) is 3.86. The quantitative estimate of drug-likeness (QED) is 0.411. The molecule has 0 radical (unpaired) electrons. The predicted octanol–water partition coefficient (Wildman–Crippen LogP) is 3.39. The molecule has 10 heteroatoms. The average molecular weight is 501 g/mol. The van der Waals surface area contributed by atoms with Crippen LogP contribution in [0.5, 0.6) is 11.5 Å². The van der Waals surface area contributed by atoms with Crippen molar-refractivity contribution in [1.29, 1.82) is 0 Å². The van der Waals surface area contributed by atoms with Crippen molar-refractivity contribution in [2.45, 2.75) is 44.2 Å². The van der Waals surface area contributed by atoms with Crippen molar-refractivity contribution in [2.24, 2.45) is 0 Å². The van der Waals surface area contributed by atoms with Crippen LogP contribution in [0.4, 0.5) is 17.6 Å². The van der Waals surface area contributed by atoms with Gasteiger partial charge in [0.2, 0.25) is 0 Å². The molecule has 194 valence electrons. The zero-order valence-corrected chi connectivity index (χ0v) is 19.6. The summed E-state index contributed by atoms with van der Waals surface area (Å²) in [7, 11) is 0. The Bertz CT molecular complexity index is 919. The SMILES string of the molecule is Cc1ccc(OC[C@@H](O)CNC2CCN(C[C@H](O)COc3ccc(F)c(C(F)(F)F)c3)CC2)cc1. The molecule has 1 aliphatic rings. The van der Waals surface area contributed by atoms with Crippen molar-refractivity contribution in [2.75, 3.05) is 39.4 Å². The number of nitrogens with one attached hydrogen (secondary N) is 1. The average Bonchev–Trinajstić information content (AvgIpc) is 2.82. The molecule has 2 atom stereocenters. The van der Waals surface area contributed by atoms with Gasteiger partial charge < -0.3 is 29.9 Å². The van der Waals surface area contributed by atoms with Gasteiger partial charge >= 0.3 is 6.18 Å². The van der Waals surface area contributed by atoms with Gasteiger partial charge in [0.1, 0.15) is 42.7 Å². The number of aliphatic hydroxyl groups is 2. The maximum atomic E-state index is 13.4. The van der Waals surface area contributed by atoms with Crippen LogP contribution in [0.15, 0.2) is 42.5 Å². The summed E-state index contributed by atoms with van der Waals surface area (Å²) in [6.07, 6.45) is -4.71. The van der Waals surface area contributed by atoms with Gasteiger partial charge in [-0.05, 0) is 63.2 Å². The van der Waals surface area contributed by atoms with Crippen LogP contribution in [0.25, 0.3) is 0 Å². The van der Waals surface area contributed by atoms with E-state index in [1.165, 1.54) is 0 Å². The number of halogens is 4. The molecule has 0 saturated carbocycles. The van der Waals surface area contributed by atoms with Crippen molar-refractivity contribution in [1.82, 2.24) is 10.2 Å². The first-order chi connectivity index (χ1) is 16.6. The van der Waals surface area contributed by atoms with Gasteiger partial charge in [-0.15, -0.1) is 0 Å². The second-order valence-corrected chi connectivity index (χ2v) is 8.87. The topological polar surface area (TPSA) is 74.2 Å². The van der Waals surface area contributed by atoms with E-state index in [-0.39, 0.29) is 25.0 Å². The predicted molar refractivity (Wildman–Crippen MR) is 123 cm³/mol. The number of hydrogen-bond donors (Lipinski definition) is 3. The number of nitrogens with zero attached hydrogens (tertiary/aromatic N) is 1. The second kappa shape index (κ2) is 12.5. The normalized spacial score (nSPS) is 17.2. The Morgan fingerprint density at radius 2 is 1.57 bits per heavy atom. The van der Waals surface area contributed by atoms with Gasteiger partial charge in [-0.3, -0.25) is 0 Å². The maximum absolute atomic E-state index is 13.4. The van der Waals surface area contributed by atoms with E-state index < -0.39 is 29.8 Å². The highest BCUT2D eigenvalue weighted by molar-refractivity contribution is 5.31. The van der Waals surface area contributed by atoms with Crippen molar-refractivity contribution >= 4 is 0 Å². The highest BCUT2D eigenvalue weighted by atomic mass is 19.4. The summed E-state index contributed by atoms with van der Waals surface area (Å²) in [4.78, 5) is 2.05. The zero-order chi connectivity index (χ0) is 25.4. The van der Waals surface area contributed by atoms with Crippen molar-refractivity contribution < 1.29 is 37.2 Å². The number of alkyl halides is 3. The van der Waals surface area contributed by atoms with E-state index in [4.69, 9.17) is 9.47 Å². The smallest absolute Gasteiger partial charge is 0.419 e. The molecule has 0 spiro atoms. The van der Waals surface area contributed by atoms with Gasteiger partial charge in [0.05, 0.1) is 5.56 Å². The van der Waals surface area contributed by atoms with Crippen molar-refractivity contribution in [3.05, 3.63) is 59.4 Å². The Kier molecular flexibility index (Phi) is 9.73. The minimum absolute atomic E-state index is 0.148. The summed E-state index contributed by atoms with van der Waals surface area (Å²) in [6, 6.07) is 10.3. The Balaban J connectivity index is 1.31. The van der Waals surface area contributed by atoms with E-state index in [1.54, 1.807) is 0 Å². The molecule has 3 N–H and O–H groups in total. The molecule has 1 fully saturated rings. The van der Waals surface area contributed by atoms with Crippen LogP contribution >= 0.6 is 0 Å². The van der Waals surface area contributed by atoms with Crippen LogP contribution in [0.3, 0.4) is 0 Å². The van der Waals surface area contributed by atoms with Gasteiger partial charge in [-0.2, -0.15) is 13.2 Å².